The third-order valence-electron chi connectivity index (χ3n) is 4.91. The molecule has 0 spiro atoms. The summed E-state index contributed by atoms with van der Waals surface area (Å²) in [5, 5.41) is 39.4. The van der Waals surface area contributed by atoms with Gasteiger partial charge in [-0.3, -0.25) is 0 Å². The molecule has 5 unspecified atom stereocenters. The van der Waals surface area contributed by atoms with Crippen molar-refractivity contribution in [2.75, 3.05) is 6.61 Å². The van der Waals surface area contributed by atoms with Gasteiger partial charge in [-0.2, -0.15) is 0 Å². The monoisotopic (exact) mass is 421 g/mol. The predicted molar refractivity (Wildman–Crippen MR) is 103 cm³/mol. The van der Waals surface area contributed by atoms with Crippen molar-refractivity contribution >= 4 is 22.8 Å². The standard InChI is InChI=1S/C19H20ClN3O6/c1-23-8-22-12-5-10(6-21-18(12)23)9-2-3-13(11(20)4-9)28-19-17(27)16(26)15(25)14(7-24)29-19/h2-6,8,14-17,19,24-27H,7H2,1H3. The Hall–Kier alpha value is -2.27. The van der Waals surface area contributed by atoms with E-state index in [0.29, 0.717) is 0 Å². The summed E-state index contributed by atoms with van der Waals surface area (Å²) in [5.41, 5.74) is 3.12. The van der Waals surface area contributed by atoms with Crippen LogP contribution in [0.5, 0.6) is 5.75 Å². The number of halogens is 1. The van der Waals surface area contributed by atoms with Gasteiger partial charge >= 0.3 is 0 Å². The SMILES string of the molecule is Cn1cnc2cc(-c3ccc(OC4OC(CO)C(O)C(O)C4O)c(Cl)c3)cnc21. The number of rotatable bonds is 4. The number of pyridine rings is 1. The van der Waals surface area contributed by atoms with Crippen LogP contribution in [0.3, 0.4) is 0 Å². The molecule has 1 saturated heterocycles. The Bertz CT molecular complexity index is 1030. The second-order valence-corrected chi connectivity index (χ2v) is 7.29. The van der Waals surface area contributed by atoms with Crippen LogP contribution in [0.25, 0.3) is 22.3 Å². The first-order valence-electron chi connectivity index (χ1n) is 8.93. The van der Waals surface area contributed by atoms with E-state index >= 15 is 0 Å². The summed E-state index contributed by atoms with van der Waals surface area (Å²) in [5.74, 6) is 0.214. The topological polar surface area (TPSA) is 130 Å². The second-order valence-electron chi connectivity index (χ2n) is 6.88. The van der Waals surface area contributed by atoms with Crippen LogP contribution in [0.1, 0.15) is 0 Å². The molecule has 4 rings (SSSR count). The van der Waals surface area contributed by atoms with Crippen LogP contribution < -0.4 is 4.74 Å². The van der Waals surface area contributed by atoms with Gasteiger partial charge in [-0.1, -0.05) is 17.7 Å². The molecule has 3 heterocycles. The van der Waals surface area contributed by atoms with E-state index in [-0.39, 0.29) is 10.8 Å². The number of hydrogen-bond acceptors (Lipinski definition) is 8. The van der Waals surface area contributed by atoms with Crippen LogP contribution in [0.4, 0.5) is 0 Å². The Morgan fingerprint density at radius 1 is 1.10 bits per heavy atom. The first-order valence-corrected chi connectivity index (χ1v) is 9.31. The number of aromatic nitrogens is 3. The smallest absolute Gasteiger partial charge is 0.229 e. The van der Waals surface area contributed by atoms with Crippen LogP contribution in [0, 0.1) is 0 Å². The van der Waals surface area contributed by atoms with Crippen molar-refractivity contribution in [3.8, 4) is 16.9 Å². The summed E-state index contributed by atoms with van der Waals surface area (Å²) in [7, 11) is 1.87. The molecule has 10 heteroatoms. The summed E-state index contributed by atoms with van der Waals surface area (Å²) in [6, 6.07) is 6.93. The zero-order valence-corrected chi connectivity index (χ0v) is 16.1. The van der Waals surface area contributed by atoms with Crippen molar-refractivity contribution in [1.29, 1.82) is 0 Å². The molecule has 4 N–H and O–H groups in total. The molecule has 29 heavy (non-hydrogen) atoms. The highest BCUT2D eigenvalue weighted by atomic mass is 35.5. The Kier molecular flexibility index (Phi) is 5.43. The fourth-order valence-corrected chi connectivity index (χ4v) is 3.46. The van der Waals surface area contributed by atoms with Crippen LogP contribution in [-0.2, 0) is 11.8 Å². The van der Waals surface area contributed by atoms with Crippen molar-refractivity contribution in [3.05, 3.63) is 41.8 Å². The number of aliphatic hydroxyl groups excluding tert-OH is 4. The third kappa shape index (κ3) is 3.68. The van der Waals surface area contributed by atoms with Crippen molar-refractivity contribution in [2.24, 2.45) is 7.05 Å². The lowest BCUT2D eigenvalue weighted by molar-refractivity contribution is -0.277. The molecule has 154 valence electrons. The molecule has 0 amide bonds. The van der Waals surface area contributed by atoms with Gasteiger partial charge < -0.3 is 34.5 Å². The van der Waals surface area contributed by atoms with E-state index in [1.54, 1.807) is 30.7 Å². The van der Waals surface area contributed by atoms with Crippen LogP contribution in [0.2, 0.25) is 5.02 Å². The molecule has 2 aromatic heterocycles. The van der Waals surface area contributed by atoms with Crippen LogP contribution >= 0.6 is 11.6 Å². The molecular weight excluding hydrogens is 402 g/mol. The molecule has 0 radical (unpaired) electrons. The number of ether oxygens (including phenoxy) is 2. The zero-order chi connectivity index (χ0) is 20.7. The molecule has 1 fully saturated rings. The fraction of sp³-hybridized carbons (Fsp3) is 0.368. The average Bonchev–Trinajstić information content (AvgIpc) is 3.10. The zero-order valence-electron chi connectivity index (χ0n) is 15.4. The number of aliphatic hydroxyl groups is 4. The Morgan fingerprint density at radius 2 is 1.90 bits per heavy atom. The van der Waals surface area contributed by atoms with Crippen LogP contribution in [0.15, 0.2) is 36.8 Å². The summed E-state index contributed by atoms with van der Waals surface area (Å²) in [4.78, 5) is 8.70. The minimum atomic E-state index is -1.53. The number of benzene rings is 1. The molecule has 0 aliphatic carbocycles. The highest BCUT2D eigenvalue weighted by Gasteiger charge is 2.44. The maximum absolute atomic E-state index is 10.1. The lowest BCUT2D eigenvalue weighted by Crippen LogP contribution is -2.60. The number of imidazole rings is 1. The van der Waals surface area contributed by atoms with E-state index < -0.39 is 37.3 Å². The van der Waals surface area contributed by atoms with Gasteiger partial charge in [0.15, 0.2) is 5.65 Å². The fourth-order valence-electron chi connectivity index (χ4n) is 3.24. The van der Waals surface area contributed by atoms with Crippen LogP contribution in [-0.4, -0.2) is 72.3 Å². The largest absolute Gasteiger partial charge is 0.460 e. The molecule has 1 aliphatic rings. The van der Waals surface area contributed by atoms with Gasteiger partial charge in [0.25, 0.3) is 0 Å². The summed E-state index contributed by atoms with van der Waals surface area (Å²) >= 11 is 6.34. The number of hydrogen-bond donors (Lipinski definition) is 4. The first kappa shape index (κ1) is 20.0. The van der Waals surface area contributed by atoms with E-state index in [2.05, 4.69) is 9.97 Å². The van der Waals surface area contributed by atoms with E-state index in [1.165, 1.54) is 0 Å². The first-order chi connectivity index (χ1) is 13.9. The Balaban J connectivity index is 1.56. The number of fused-ring (bicyclic) bond motifs is 1. The highest BCUT2D eigenvalue weighted by molar-refractivity contribution is 6.32. The Morgan fingerprint density at radius 3 is 2.62 bits per heavy atom. The quantitative estimate of drug-likeness (QED) is 0.478. The maximum Gasteiger partial charge on any atom is 0.229 e. The lowest BCUT2D eigenvalue weighted by atomic mass is 9.99. The molecule has 1 aliphatic heterocycles. The molecule has 0 saturated carbocycles. The van der Waals surface area contributed by atoms with Crippen molar-refractivity contribution < 1.29 is 29.9 Å². The van der Waals surface area contributed by atoms with Gasteiger partial charge in [0.05, 0.1) is 18.0 Å². The molecular formula is C19H20ClN3O6. The van der Waals surface area contributed by atoms with Gasteiger partial charge in [-0.05, 0) is 23.8 Å². The van der Waals surface area contributed by atoms with Crippen molar-refractivity contribution in [3.63, 3.8) is 0 Å². The molecule has 1 aromatic carbocycles. The summed E-state index contributed by atoms with van der Waals surface area (Å²) in [6.45, 7) is -0.541. The molecule has 9 nitrogen and oxygen atoms in total. The van der Waals surface area contributed by atoms with Crippen molar-refractivity contribution in [1.82, 2.24) is 14.5 Å². The van der Waals surface area contributed by atoms with E-state index in [9.17, 15) is 20.4 Å². The van der Waals surface area contributed by atoms with E-state index in [4.69, 9.17) is 21.1 Å². The lowest BCUT2D eigenvalue weighted by Gasteiger charge is -2.39. The molecule has 5 atom stereocenters. The maximum atomic E-state index is 10.1. The minimum absolute atomic E-state index is 0.214. The Labute approximate surface area is 170 Å². The van der Waals surface area contributed by atoms with Gasteiger partial charge in [0.1, 0.15) is 35.7 Å². The number of nitrogens with zero attached hydrogens (tertiary/aromatic N) is 3. The van der Waals surface area contributed by atoms with Gasteiger partial charge in [0, 0.05) is 18.8 Å². The van der Waals surface area contributed by atoms with E-state index in [0.717, 1.165) is 22.3 Å². The molecule has 3 aromatic rings. The average molecular weight is 422 g/mol. The van der Waals surface area contributed by atoms with Gasteiger partial charge in [0.2, 0.25) is 6.29 Å². The molecule has 0 bridgehead atoms. The van der Waals surface area contributed by atoms with Gasteiger partial charge in [-0.25, -0.2) is 9.97 Å². The summed E-state index contributed by atoms with van der Waals surface area (Å²) < 4.78 is 12.8. The summed E-state index contributed by atoms with van der Waals surface area (Å²) in [6.07, 6.45) is -3.46. The predicted octanol–water partition coefficient (Wildman–Crippen LogP) is 0.467. The van der Waals surface area contributed by atoms with Gasteiger partial charge in [-0.15, -0.1) is 0 Å². The highest BCUT2D eigenvalue weighted by Crippen LogP contribution is 2.33. The third-order valence-corrected chi connectivity index (χ3v) is 5.20. The number of aryl methyl sites for hydroxylation is 1. The normalized spacial score (nSPS) is 27.3. The minimum Gasteiger partial charge on any atom is -0.460 e. The van der Waals surface area contributed by atoms with E-state index in [1.807, 2.05) is 17.7 Å². The van der Waals surface area contributed by atoms with Crippen molar-refractivity contribution in [2.45, 2.75) is 30.7 Å². The second kappa shape index (κ2) is 7.86.